The van der Waals surface area contributed by atoms with Gasteiger partial charge in [0.1, 0.15) is 29.1 Å². The molecule has 2 heterocycles. The normalized spacial score (nSPS) is 16.2. The molecule has 2 aliphatic rings. The lowest BCUT2D eigenvalue weighted by atomic mass is 9.88. The van der Waals surface area contributed by atoms with Crippen molar-refractivity contribution in [2.75, 3.05) is 27.4 Å². The molecule has 7 rings (SSSR count). The highest BCUT2D eigenvalue weighted by molar-refractivity contribution is 5.85. The minimum Gasteiger partial charge on any atom is -0.497 e. The van der Waals surface area contributed by atoms with Gasteiger partial charge in [-0.2, -0.15) is 0 Å². The molecule has 5 aromatic rings. The van der Waals surface area contributed by atoms with Crippen LogP contribution in [0.5, 0.6) is 23.0 Å². The number of nitrogens with one attached hydrogen (secondary N) is 1. The van der Waals surface area contributed by atoms with E-state index in [0.717, 1.165) is 41.5 Å². The minimum absolute atomic E-state index is 0. The lowest BCUT2D eigenvalue weighted by molar-refractivity contribution is 0.139. The van der Waals surface area contributed by atoms with Gasteiger partial charge in [0, 0.05) is 35.2 Å². The number of fused-ring (bicyclic) bond motifs is 5. The van der Waals surface area contributed by atoms with Crippen LogP contribution in [0.25, 0.3) is 0 Å². The Kier molecular flexibility index (Phi) is 11.2. The van der Waals surface area contributed by atoms with Gasteiger partial charge in [0.05, 0.1) is 26.7 Å². The van der Waals surface area contributed by atoms with Crippen molar-refractivity contribution < 1.29 is 18.9 Å². The Hall–Kier alpha value is -4.45. The summed E-state index contributed by atoms with van der Waals surface area (Å²) in [5.41, 5.74) is 6.37. The van der Waals surface area contributed by atoms with Crippen molar-refractivity contribution >= 4 is 12.4 Å². The fraction of sp³-hybridized carbons (Fsp3) is 0.250. The quantitative estimate of drug-likeness (QED) is 0.175. The SMILES string of the molecule is CC(NCCC(c1ccccc1)c1ccccc1)c1ccccc1.COc1ccc2c(c1)OC1c3ccc(OC)cc3OCC21.Cl. The van der Waals surface area contributed by atoms with Gasteiger partial charge in [0.15, 0.2) is 0 Å². The van der Waals surface area contributed by atoms with Crippen molar-refractivity contribution in [2.24, 2.45) is 0 Å². The molecule has 0 aromatic heterocycles. The maximum Gasteiger partial charge on any atom is 0.138 e. The Morgan fingerprint density at radius 3 is 1.76 bits per heavy atom. The fourth-order valence-electron chi connectivity index (χ4n) is 6.27. The van der Waals surface area contributed by atoms with Crippen molar-refractivity contribution in [1.82, 2.24) is 5.32 Å². The molecule has 0 spiro atoms. The first kappa shape index (κ1) is 32.9. The van der Waals surface area contributed by atoms with E-state index >= 15 is 0 Å². The highest BCUT2D eigenvalue weighted by Crippen LogP contribution is 2.52. The van der Waals surface area contributed by atoms with E-state index in [-0.39, 0.29) is 24.4 Å². The lowest BCUT2D eigenvalue weighted by Gasteiger charge is -2.28. The van der Waals surface area contributed by atoms with E-state index in [1.807, 2.05) is 30.3 Å². The Morgan fingerprint density at radius 1 is 0.674 bits per heavy atom. The first-order valence-corrected chi connectivity index (χ1v) is 15.7. The molecule has 5 aromatic carbocycles. The second kappa shape index (κ2) is 15.7. The summed E-state index contributed by atoms with van der Waals surface area (Å²) in [6.45, 7) is 3.84. The van der Waals surface area contributed by atoms with Crippen LogP contribution < -0.4 is 24.3 Å². The van der Waals surface area contributed by atoms with E-state index in [2.05, 4.69) is 109 Å². The summed E-state index contributed by atoms with van der Waals surface area (Å²) in [4.78, 5) is 0. The maximum atomic E-state index is 6.15. The molecule has 0 amide bonds. The molecule has 0 saturated carbocycles. The third-order valence-electron chi connectivity index (χ3n) is 8.77. The van der Waals surface area contributed by atoms with Gasteiger partial charge in [-0.25, -0.2) is 0 Å². The van der Waals surface area contributed by atoms with E-state index in [4.69, 9.17) is 18.9 Å². The van der Waals surface area contributed by atoms with Gasteiger partial charge < -0.3 is 24.3 Å². The number of ether oxygens (including phenoxy) is 4. The van der Waals surface area contributed by atoms with E-state index in [9.17, 15) is 0 Å². The highest BCUT2D eigenvalue weighted by atomic mass is 35.5. The number of methoxy groups -OCH3 is 2. The molecule has 0 bridgehead atoms. The maximum absolute atomic E-state index is 6.15. The van der Waals surface area contributed by atoms with Crippen LogP contribution in [0.4, 0.5) is 0 Å². The van der Waals surface area contributed by atoms with Gasteiger partial charge >= 0.3 is 0 Å². The Labute approximate surface area is 278 Å². The zero-order valence-corrected chi connectivity index (χ0v) is 27.4. The third-order valence-corrected chi connectivity index (χ3v) is 8.77. The molecule has 0 fully saturated rings. The van der Waals surface area contributed by atoms with Crippen LogP contribution >= 0.6 is 12.4 Å². The summed E-state index contributed by atoms with van der Waals surface area (Å²) in [5.74, 6) is 3.99. The van der Waals surface area contributed by atoms with E-state index in [1.54, 1.807) is 14.2 Å². The van der Waals surface area contributed by atoms with E-state index < -0.39 is 0 Å². The molecule has 1 N–H and O–H groups in total. The summed E-state index contributed by atoms with van der Waals surface area (Å²) >= 11 is 0. The monoisotopic (exact) mass is 635 g/mol. The van der Waals surface area contributed by atoms with Crippen LogP contribution in [0.3, 0.4) is 0 Å². The van der Waals surface area contributed by atoms with Crippen LogP contribution in [-0.2, 0) is 0 Å². The van der Waals surface area contributed by atoms with Gasteiger partial charge in [-0.1, -0.05) is 97.1 Å². The molecule has 3 atom stereocenters. The molecule has 238 valence electrons. The number of benzene rings is 5. The van der Waals surface area contributed by atoms with Crippen LogP contribution in [0.15, 0.2) is 127 Å². The molecule has 2 aliphatic heterocycles. The average Bonchev–Trinajstić information content (AvgIpc) is 3.49. The molecule has 3 unspecified atom stereocenters. The molecule has 6 heteroatoms. The largest absolute Gasteiger partial charge is 0.497 e. The van der Waals surface area contributed by atoms with Gasteiger partial charge in [0.25, 0.3) is 0 Å². The summed E-state index contributed by atoms with van der Waals surface area (Å²) in [6, 6.07) is 44.5. The predicted octanol–water partition coefficient (Wildman–Crippen LogP) is 9.29. The van der Waals surface area contributed by atoms with Crippen molar-refractivity contribution in [2.45, 2.75) is 37.3 Å². The molecular formula is C40H42ClNO4. The van der Waals surface area contributed by atoms with Crippen LogP contribution in [-0.4, -0.2) is 27.4 Å². The van der Waals surface area contributed by atoms with Crippen molar-refractivity contribution in [3.8, 4) is 23.0 Å². The molecular weight excluding hydrogens is 594 g/mol. The highest BCUT2D eigenvalue weighted by Gasteiger charge is 2.40. The standard InChI is InChI=1S/C23H25N.C17H16O4.ClH/c1-19(20-11-5-2-6-12-20)24-18-17-23(21-13-7-3-8-14-21)22-15-9-4-10-16-22;1-18-10-4-6-13-15(7-10)20-9-14-12-5-3-11(19-2)8-16(12)21-17(13)14;/h2-16,19,23-24H,17-18H2,1H3;3-8,14,17H,9H2,1-2H3;1H. The predicted molar refractivity (Wildman–Crippen MR) is 187 cm³/mol. The Bertz CT molecular complexity index is 1630. The first-order valence-electron chi connectivity index (χ1n) is 15.7. The van der Waals surface area contributed by atoms with Crippen molar-refractivity contribution in [3.05, 3.63) is 155 Å². The van der Waals surface area contributed by atoms with Crippen molar-refractivity contribution in [3.63, 3.8) is 0 Å². The summed E-state index contributed by atoms with van der Waals surface area (Å²) in [6.07, 6.45) is 1.09. The molecule has 0 saturated heterocycles. The summed E-state index contributed by atoms with van der Waals surface area (Å²) < 4.78 is 22.6. The first-order chi connectivity index (χ1) is 22.1. The second-order valence-electron chi connectivity index (χ2n) is 11.5. The third kappa shape index (κ3) is 7.50. The molecule has 46 heavy (non-hydrogen) atoms. The van der Waals surface area contributed by atoms with Crippen LogP contribution in [0.1, 0.15) is 65.1 Å². The smallest absolute Gasteiger partial charge is 0.138 e. The van der Waals surface area contributed by atoms with Gasteiger partial charge in [-0.15, -0.1) is 12.4 Å². The zero-order chi connectivity index (χ0) is 31.0. The number of hydrogen-bond acceptors (Lipinski definition) is 5. The van der Waals surface area contributed by atoms with E-state index in [1.165, 1.54) is 22.3 Å². The summed E-state index contributed by atoms with van der Waals surface area (Å²) in [7, 11) is 3.32. The second-order valence-corrected chi connectivity index (χ2v) is 11.5. The topological polar surface area (TPSA) is 49.0 Å². The number of halogens is 1. The van der Waals surface area contributed by atoms with E-state index in [0.29, 0.717) is 18.6 Å². The van der Waals surface area contributed by atoms with Gasteiger partial charge in [0.2, 0.25) is 0 Å². The zero-order valence-electron chi connectivity index (χ0n) is 26.6. The molecule has 0 aliphatic carbocycles. The summed E-state index contributed by atoms with van der Waals surface area (Å²) in [5, 5.41) is 3.67. The van der Waals surface area contributed by atoms with Crippen LogP contribution in [0.2, 0.25) is 0 Å². The minimum atomic E-state index is 0. The average molecular weight is 636 g/mol. The van der Waals surface area contributed by atoms with Crippen molar-refractivity contribution in [1.29, 1.82) is 0 Å². The Morgan fingerprint density at radius 2 is 1.20 bits per heavy atom. The van der Waals surface area contributed by atoms with Crippen LogP contribution in [0, 0.1) is 0 Å². The number of rotatable bonds is 9. The Balaban J connectivity index is 0.000000178. The van der Waals surface area contributed by atoms with Gasteiger partial charge in [-0.05, 0) is 54.8 Å². The number of hydrogen-bond donors (Lipinski definition) is 1. The lowest BCUT2D eigenvalue weighted by Crippen LogP contribution is -2.23. The molecule has 0 radical (unpaired) electrons. The molecule has 5 nitrogen and oxygen atoms in total. The van der Waals surface area contributed by atoms with Gasteiger partial charge in [-0.3, -0.25) is 0 Å². The fourth-order valence-corrected chi connectivity index (χ4v) is 6.27.